The van der Waals surface area contributed by atoms with E-state index in [9.17, 15) is 10.2 Å². The Hall–Kier alpha value is -0.730. The van der Waals surface area contributed by atoms with Gasteiger partial charge in [-0.05, 0) is 26.2 Å². The number of nitrogens with zero attached hydrogens (tertiary/aromatic N) is 2. The fourth-order valence-corrected chi connectivity index (χ4v) is 2.13. The van der Waals surface area contributed by atoms with Crippen LogP contribution in [-0.2, 0) is 9.53 Å². The van der Waals surface area contributed by atoms with E-state index in [2.05, 4.69) is 0 Å². The van der Waals surface area contributed by atoms with Gasteiger partial charge < -0.3 is 20.1 Å². The first-order valence-electron chi connectivity index (χ1n) is 8.45. The predicted molar refractivity (Wildman–Crippen MR) is 91.2 cm³/mol. The van der Waals surface area contributed by atoms with Gasteiger partial charge in [0.25, 0.3) is 5.97 Å². The molecule has 0 radical (unpaired) electrons. The van der Waals surface area contributed by atoms with E-state index in [1.165, 1.54) is 0 Å². The van der Waals surface area contributed by atoms with Crippen LogP contribution >= 0.6 is 0 Å². The third-order valence-corrected chi connectivity index (χ3v) is 3.51. The smallest absolute Gasteiger partial charge is 0.300 e. The molecule has 23 heavy (non-hydrogen) atoms. The van der Waals surface area contributed by atoms with E-state index >= 15 is 0 Å². The fraction of sp³-hybridized carbons (Fsp3) is 0.938. The molecule has 0 aromatic heterocycles. The second-order valence-electron chi connectivity index (χ2n) is 5.11. The Bertz CT molecular complexity index is 247. The van der Waals surface area contributed by atoms with Gasteiger partial charge in [0.2, 0.25) is 0 Å². The van der Waals surface area contributed by atoms with Gasteiger partial charge in [-0.3, -0.25) is 14.6 Å². The van der Waals surface area contributed by atoms with Gasteiger partial charge in [-0.15, -0.1) is 0 Å². The second kappa shape index (κ2) is 16.1. The van der Waals surface area contributed by atoms with Crippen LogP contribution in [0, 0.1) is 0 Å². The Labute approximate surface area is 140 Å². The normalized spacial score (nSPS) is 13.6. The van der Waals surface area contributed by atoms with Crippen molar-refractivity contribution in [1.82, 2.24) is 9.80 Å². The zero-order valence-corrected chi connectivity index (χ0v) is 15.4. The molecule has 2 atom stereocenters. The number of aliphatic carboxylic acids is 1. The lowest BCUT2D eigenvalue weighted by Gasteiger charge is -2.26. The maximum absolute atomic E-state index is 9.87. The van der Waals surface area contributed by atoms with Gasteiger partial charge in [-0.1, -0.05) is 27.7 Å². The first-order chi connectivity index (χ1) is 10.8. The fourth-order valence-electron chi connectivity index (χ4n) is 2.13. The minimum Gasteiger partial charge on any atom is -0.481 e. The van der Waals surface area contributed by atoms with Crippen molar-refractivity contribution in [2.45, 2.75) is 59.9 Å². The van der Waals surface area contributed by atoms with Gasteiger partial charge in [0, 0.05) is 19.8 Å². The quantitative estimate of drug-likeness (QED) is 0.364. The maximum atomic E-state index is 9.87. The highest BCUT2D eigenvalue weighted by Crippen LogP contribution is 2.03. The van der Waals surface area contributed by atoms with Crippen molar-refractivity contribution in [2.75, 3.05) is 39.4 Å². The summed E-state index contributed by atoms with van der Waals surface area (Å²) >= 11 is 0. The molecule has 7 heteroatoms. The van der Waals surface area contributed by atoms with Crippen LogP contribution in [0.15, 0.2) is 0 Å². The van der Waals surface area contributed by atoms with Crippen molar-refractivity contribution < 1.29 is 24.9 Å². The van der Waals surface area contributed by atoms with Crippen molar-refractivity contribution in [3.63, 3.8) is 0 Å². The molecule has 0 aromatic rings. The lowest BCUT2D eigenvalue weighted by atomic mass is 10.3. The van der Waals surface area contributed by atoms with Crippen LogP contribution in [0.1, 0.15) is 47.5 Å². The van der Waals surface area contributed by atoms with Crippen molar-refractivity contribution in [3.05, 3.63) is 0 Å². The number of hydrogen-bond donors (Lipinski definition) is 3. The molecular weight excluding hydrogens is 300 g/mol. The Balaban J connectivity index is 0. The van der Waals surface area contributed by atoms with E-state index in [0.717, 1.165) is 33.1 Å². The first-order valence-corrected chi connectivity index (χ1v) is 8.45. The minimum absolute atomic E-state index is 0.428. The summed E-state index contributed by atoms with van der Waals surface area (Å²) in [5, 5.41) is 27.2. The number of hydrogen-bond acceptors (Lipinski definition) is 6. The van der Waals surface area contributed by atoms with E-state index in [4.69, 9.17) is 14.6 Å². The maximum Gasteiger partial charge on any atom is 0.300 e. The highest BCUT2D eigenvalue weighted by Gasteiger charge is 2.13. The van der Waals surface area contributed by atoms with Crippen molar-refractivity contribution >= 4 is 5.97 Å². The van der Waals surface area contributed by atoms with Crippen LogP contribution in [0.2, 0.25) is 0 Å². The molecule has 2 unspecified atom stereocenters. The van der Waals surface area contributed by atoms with E-state index in [0.29, 0.717) is 26.1 Å². The van der Waals surface area contributed by atoms with Crippen LogP contribution in [0.5, 0.6) is 0 Å². The molecular formula is C16H36N2O5. The molecule has 0 saturated carbocycles. The Morgan fingerprint density at radius 3 is 1.35 bits per heavy atom. The van der Waals surface area contributed by atoms with E-state index in [1.807, 2.05) is 37.5 Å². The van der Waals surface area contributed by atoms with Crippen LogP contribution in [0.3, 0.4) is 0 Å². The third kappa shape index (κ3) is 14.6. The molecule has 0 aliphatic carbocycles. The highest BCUT2D eigenvalue weighted by molar-refractivity contribution is 5.62. The molecule has 0 heterocycles. The van der Waals surface area contributed by atoms with E-state index < -0.39 is 18.4 Å². The molecule has 0 fully saturated rings. The van der Waals surface area contributed by atoms with Gasteiger partial charge in [0.15, 0.2) is 0 Å². The topological polar surface area (TPSA) is 93.5 Å². The molecule has 0 aromatic carbocycles. The molecule has 0 bridgehead atoms. The minimum atomic E-state index is -0.833. The van der Waals surface area contributed by atoms with Gasteiger partial charge in [0.1, 0.15) is 12.5 Å². The lowest BCUT2D eigenvalue weighted by molar-refractivity contribution is -0.134. The predicted octanol–water partition coefficient (Wildman–Crippen LogP) is 1.19. The summed E-state index contributed by atoms with van der Waals surface area (Å²) in [7, 11) is 0. The van der Waals surface area contributed by atoms with Gasteiger partial charge >= 0.3 is 0 Å². The Morgan fingerprint density at radius 1 is 0.870 bits per heavy atom. The number of carboxylic acid groups (broad SMARTS) is 1. The van der Waals surface area contributed by atoms with Gasteiger partial charge in [0.05, 0.1) is 13.2 Å². The number of rotatable bonds is 12. The summed E-state index contributed by atoms with van der Waals surface area (Å²) in [5.74, 6) is -0.833. The van der Waals surface area contributed by atoms with Crippen molar-refractivity contribution in [1.29, 1.82) is 0 Å². The monoisotopic (exact) mass is 336 g/mol. The molecule has 0 saturated heterocycles. The zero-order chi connectivity index (χ0) is 18.3. The molecule has 0 aliphatic heterocycles. The summed E-state index contributed by atoms with van der Waals surface area (Å²) in [5.41, 5.74) is 0. The van der Waals surface area contributed by atoms with Crippen LogP contribution in [0.4, 0.5) is 0 Å². The third-order valence-electron chi connectivity index (χ3n) is 3.51. The van der Waals surface area contributed by atoms with Crippen LogP contribution in [-0.4, -0.2) is 82.9 Å². The van der Waals surface area contributed by atoms with Gasteiger partial charge in [-0.2, -0.15) is 0 Å². The lowest BCUT2D eigenvalue weighted by Crippen LogP contribution is -2.36. The molecule has 140 valence electrons. The SMILES string of the molecule is CC(=O)O.CCN(CC)C(O)CCOCCC(O)N(CC)CC. The first kappa shape index (κ1) is 24.5. The van der Waals surface area contributed by atoms with Crippen molar-refractivity contribution in [2.24, 2.45) is 0 Å². The zero-order valence-electron chi connectivity index (χ0n) is 15.4. The summed E-state index contributed by atoms with van der Waals surface area (Å²) in [6, 6.07) is 0. The van der Waals surface area contributed by atoms with E-state index in [-0.39, 0.29) is 0 Å². The molecule has 0 amide bonds. The summed E-state index contributed by atoms with van der Waals surface area (Å²) in [6.45, 7) is 13.7. The molecule has 0 spiro atoms. The highest BCUT2D eigenvalue weighted by atomic mass is 16.5. The number of carboxylic acids is 1. The summed E-state index contributed by atoms with van der Waals surface area (Å²) < 4.78 is 5.48. The molecule has 7 nitrogen and oxygen atoms in total. The Kier molecular flexibility index (Phi) is 17.2. The van der Waals surface area contributed by atoms with E-state index in [1.54, 1.807) is 0 Å². The van der Waals surface area contributed by atoms with Crippen LogP contribution < -0.4 is 0 Å². The molecule has 0 aliphatic rings. The summed E-state index contributed by atoms with van der Waals surface area (Å²) in [4.78, 5) is 13.0. The standard InChI is InChI=1S/C14H32N2O3.C2H4O2/c1-5-15(6-2)13(17)9-11-19-12-10-14(18)16(7-3)8-4;1-2(3)4/h13-14,17-18H,5-12H2,1-4H3;1H3,(H,3,4). The molecule has 0 rings (SSSR count). The number of carbonyl (C=O) groups is 1. The molecule has 3 N–H and O–H groups in total. The average Bonchev–Trinajstić information content (AvgIpc) is 2.48. The summed E-state index contributed by atoms with van der Waals surface area (Å²) in [6.07, 6.45) is 0.372. The average molecular weight is 336 g/mol. The largest absolute Gasteiger partial charge is 0.481 e. The number of ether oxygens (including phenoxy) is 1. The van der Waals surface area contributed by atoms with Crippen LogP contribution in [0.25, 0.3) is 0 Å². The van der Waals surface area contributed by atoms with Gasteiger partial charge in [-0.25, -0.2) is 0 Å². The number of aliphatic hydroxyl groups is 2. The second-order valence-corrected chi connectivity index (χ2v) is 5.11. The Morgan fingerprint density at radius 2 is 1.13 bits per heavy atom. The number of aliphatic hydroxyl groups excluding tert-OH is 2. The van der Waals surface area contributed by atoms with Crippen molar-refractivity contribution in [3.8, 4) is 0 Å².